The molecular formula is C15H24O3. The lowest BCUT2D eigenvalue weighted by Gasteiger charge is -2.30. The van der Waals surface area contributed by atoms with Crippen LogP contribution < -0.4 is 0 Å². The molecule has 0 aromatic carbocycles. The van der Waals surface area contributed by atoms with Gasteiger partial charge in [0.15, 0.2) is 0 Å². The second-order valence-electron chi connectivity index (χ2n) is 5.41. The van der Waals surface area contributed by atoms with Crippen LogP contribution in [0.15, 0.2) is 23.8 Å². The fourth-order valence-electron chi connectivity index (χ4n) is 2.50. The SMILES string of the molecule is C/C=C(\C)CC(C)CC(C)C1OC(=O)C=CC1O. The third-order valence-corrected chi connectivity index (χ3v) is 3.52. The third-order valence-electron chi connectivity index (χ3n) is 3.52. The van der Waals surface area contributed by atoms with Crippen molar-refractivity contribution in [3.63, 3.8) is 0 Å². The first-order valence-electron chi connectivity index (χ1n) is 6.62. The lowest BCUT2D eigenvalue weighted by Crippen LogP contribution is -2.38. The number of hydrogen-bond donors (Lipinski definition) is 1. The molecule has 0 aromatic rings. The monoisotopic (exact) mass is 252 g/mol. The molecule has 1 aliphatic rings. The number of aliphatic hydroxyl groups excluding tert-OH is 1. The van der Waals surface area contributed by atoms with E-state index in [4.69, 9.17) is 4.74 Å². The minimum Gasteiger partial charge on any atom is -0.456 e. The zero-order chi connectivity index (χ0) is 13.7. The molecule has 0 amide bonds. The van der Waals surface area contributed by atoms with Crippen molar-refractivity contribution < 1.29 is 14.6 Å². The average molecular weight is 252 g/mol. The van der Waals surface area contributed by atoms with Gasteiger partial charge < -0.3 is 9.84 Å². The predicted octanol–water partition coefficient (Wildman–Crippen LogP) is 2.85. The largest absolute Gasteiger partial charge is 0.456 e. The molecule has 1 rings (SSSR count). The number of esters is 1. The van der Waals surface area contributed by atoms with Gasteiger partial charge in [-0.2, -0.15) is 0 Å². The Hall–Kier alpha value is -1.09. The van der Waals surface area contributed by atoms with Gasteiger partial charge in [0.25, 0.3) is 0 Å². The fourth-order valence-corrected chi connectivity index (χ4v) is 2.50. The van der Waals surface area contributed by atoms with Gasteiger partial charge in [-0.3, -0.25) is 0 Å². The van der Waals surface area contributed by atoms with Crippen LogP contribution in [-0.4, -0.2) is 23.3 Å². The van der Waals surface area contributed by atoms with Crippen molar-refractivity contribution in [3.8, 4) is 0 Å². The van der Waals surface area contributed by atoms with Crippen molar-refractivity contribution in [3.05, 3.63) is 23.8 Å². The van der Waals surface area contributed by atoms with Crippen LogP contribution in [0.25, 0.3) is 0 Å². The molecule has 0 aliphatic carbocycles. The zero-order valence-corrected chi connectivity index (χ0v) is 11.7. The maximum absolute atomic E-state index is 11.2. The minimum absolute atomic E-state index is 0.161. The van der Waals surface area contributed by atoms with E-state index in [1.165, 1.54) is 17.7 Å². The maximum Gasteiger partial charge on any atom is 0.330 e. The summed E-state index contributed by atoms with van der Waals surface area (Å²) >= 11 is 0. The van der Waals surface area contributed by atoms with Crippen LogP contribution in [0, 0.1) is 11.8 Å². The van der Waals surface area contributed by atoms with Crippen LogP contribution >= 0.6 is 0 Å². The summed E-state index contributed by atoms with van der Waals surface area (Å²) < 4.78 is 5.20. The quantitative estimate of drug-likeness (QED) is 0.604. The standard InChI is InChI=1S/C15H24O3/c1-5-10(2)8-11(3)9-12(4)15-13(16)6-7-14(17)18-15/h5-7,11-13,15-16H,8-9H2,1-4H3/b10-5+. The molecule has 0 radical (unpaired) electrons. The summed E-state index contributed by atoms with van der Waals surface area (Å²) in [6.07, 6.45) is 5.85. The summed E-state index contributed by atoms with van der Waals surface area (Å²) in [4.78, 5) is 11.2. The van der Waals surface area contributed by atoms with Gasteiger partial charge in [-0.05, 0) is 44.6 Å². The molecule has 0 bridgehead atoms. The molecule has 0 saturated carbocycles. The van der Waals surface area contributed by atoms with E-state index < -0.39 is 12.2 Å². The number of hydrogen-bond acceptors (Lipinski definition) is 3. The van der Waals surface area contributed by atoms with Crippen molar-refractivity contribution in [1.29, 1.82) is 0 Å². The number of aliphatic hydroxyl groups is 1. The van der Waals surface area contributed by atoms with E-state index in [0.717, 1.165) is 12.8 Å². The predicted molar refractivity (Wildman–Crippen MR) is 72.0 cm³/mol. The van der Waals surface area contributed by atoms with Crippen LogP contribution in [0.2, 0.25) is 0 Å². The van der Waals surface area contributed by atoms with E-state index in [-0.39, 0.29) is 11.9 Å². The Morgan fingerprint density at radius 1 is 1.56 bits per heavy atom. The maximum atomic E-state index is 11.2. The smallest absolute Gasteiger partial charge is 0.330 e. The van der Waals surface area contributed by atoms with Crippen LogP contribution in [0.5, 0.6) is 0 Å². The van der Waals surface area contributed by atoms with Gasteiger partial charge in [0.1, 0.15) is 12.2 Å². The Labute approximate surface area is 110 Å². The molecule has 1 N–H and O–H groups in total. The van der Waals surface area contributed by atoms with Crippen molar-refractivity contribution >= 4 is 5.97 Å². The highest BCUT2D eigenvalue weighted by molar-refractivity contribution is 5.83. The first kappa shape index (κ1) is 15.0. The normalized spacial score (nSPS) is 27.8. The first-order valence-corrected chi connectivity index (χ1v) is 6.62. The summed E-state index contributed by atoms with van der Waals surface area (Å²) in [5.41, 5.74) is 1.37. The number of ether oxygens (including phenoxy) is 1. The van der Waals surface area contributed by atoms with E-state index in [2.05, 4.69) is 19.9 Å². The number of rotatable bonds is 5. The first-order chi connectivity index (χ1) is 8.43. The van der Waals surface area contributed by atoms with E-state index in [0.29, 0.717) is 5.92 Å². The topological polar surface area (TPSA) is 46.5 Å². The van der Waals surface area contributed by atoms with Crippen molar-refractivity contribution in [2.45, 2.75) is 52.7 Å². The van der Waals surface area contributed by atoms with Crippen LogP contribution in [0.1, 0.15) is 40.5 Å². The van der Waals surface area contributed by atoms with E-state index in [1.807, 2.05) is 13.8 Å². The lowest BCUT2D eigenvalue weighted by atomic mass is 9.86. The minimum atomic E-state index is -0.673. The summed E-state index contributed by atoms with van der Waals surface area (Å²) in [5.74, 6) is 0.330. The Morgan fingerprint density at radius 3 is 2.83 bits per heavy atom. The molecule has 3 heteroatoms. The van der Waals surface area contributed by atoms with Crippen molar-refractivity contribution in [2.75, 3.05) is 0 Å². The summed E-state index contributed by atoms with van der Waals surface area (Å²) in [6.45, 7) is 8.39. The molecule has 1 heterocycles. The Morgan fingerprint density at radius 2 is 2.22 bits per heavy atom. The van der Waals surface area contributed by atoms with E-state index in [1.54, 1.807) is 0 Å². The van der Waals surface area contributed by atoms with Gasteiger partial charge >= 0.3 is 5.97 Å². The molecule has 0 aromatic heterocycles. The second kappa shape index (κ2) is 6.74. The molecular weight excluding hydrogens is 228 g/mol. The van der Waals surface area contributed by atoms with Gasteiger partial charge in [-0.25, -0.2) is 4.79 Å². The zero-order valence-electron chi connectivity index (χ0n) is 11.7. The highest BCUT2D eigenvalue weighted by Gasteiger charge is 2.30. The molecule has 4 unspecified atom stereocenters. The molecule has 0 fully saturated rings. The lowest BCUT2D eigenvalue weighted by molar-refractivity contribution is -0.153. The van der Waals surface area contributed by atoms with Crippen LogP contribution in [0.4, 0.5) is 0 Å². The number of carbonyl (C=O) groups is 1. The second-order valence-corrected chi connectivity index (χ2v) is 5.41. The van der Waals surface area contributed by atoms with Crippen LogP contribution in [0.3, 0.4) is 0 Å². The van der Waals surface area contributed by atoms with Gasteiger partial charge in [0.05, 0.1) is 0 Å². The highest BCUT2D eigenvalue weighted by atomic mass is 16.6. The summed E-state index contributed by atoms with van der Waals surface area (Å²) in [5, 5.41) is 9.82. The Kier molecular flexibility index (Phi) is 5.60. The van der Waals surface area contributed by atoms with Gasteiger partial charge in [-0.1, -0.05) is 25.5 Å². The number of cyclic esters (lactones) is 1. The van der Waals surface area contributed by atoms with Crippen molar-refractivity contribution in [2.24, 2.45) is 11.8 Å². The van der Waals surface area contributed by atoms with E-state index in [9.17, 15) is 9.90 Å². The molecule has 1 aliphatic heterocycles. The highest BCUT2D eigenvalue weighted by Crippen LogP contribution is 2.26. The number of carbonyl (C=O) groups excluding carboxylic acids is 1. The average Bonchev–Trinajstić information content (AvgIpc) is 2.31. The Balaban J connectivity index is 2.52. The van der Waals surface area contributed by atoms with Crippen molar-refractivity contribution in [1.82, 2.24) is 0 Å². The van der Waals surface area contributed by atoms with Gasteiger partial charge in [0.2, 0.25) is 0 Å². The van der Waals surface area contributed by atoms with E-state index >= 15 is 0 Å². The molecule has 102 valence electrons. The summed E-state index contributed by atoms with van der Waals surface area (Å²) in [6, 6.07) is 0. The molecule has 0 spiro atoms. The molecule has 18 heavy (non-hydrogen) atoms. The molecule has 4 atom stereocenters. The number of allylic oxidation sites excluding steroid dienone is 2. The van der Waals surface area contributed by atoms with Gasteiger partial charge in [-0.15, -0.1) is 0 Å². The molecule has 3 nitrogen and oxygen atoms in total. The fraction of sp³-hybridized carbons (Fsp3) is 0.667. The third kappa shape index (κ3) is 4.30. The molecule has 0 saturated heterocycles. The van der Waals surface area contributed by atoms with Gasteiger partial charge in [0, 0.05) is 6.08 Å². The summed E-state index contributed by atoms with van der Waals surface area (Å²) in [7, 11) is 0. The Bertz CT molecular complexity index is 344. The van der Waals surface area contributed by atoms with Crippen LogP contribution in [-0.2, 0) is 9.53 Å².